The number of ether oxygens (including phenoxy) is 1. The molecule has 18 heavy (non-hydrogen) atoms. The van der Waals surface area contributed by atoms with Crippen molar-refractivity contribution >= 4 is 5.95 Å². The van der Waals surface area contributed by atoms with Gasteiger partial charge in [0, 0.05) is 13.6 Å². The monoisotopic (exact) mass is 247 g/mol. The zero-order valence-electron chi connectivity index (χ0n) is 10.8. The standard InChI is InChI=1S/C12H17N5O/c1-9(2)18-11-6-4-10(5-7-11)8-13-12-14-15-16-17(12)3/h4-7,9H,8H2,1-3H3,(H,13,14,16). The van der Waals surface area contributed by atoms with Crippen LogP contribution in [-0.4, -0.2) is 26.3 Å². The highest BCUT2D eigenvalue weighted by Crippen LogP contribution is 2.14. The Morgan fingerprint density at radius 2 is 2.00 bits per heavy atom. The average Bonchev–Trinajstić information content (AvgIpc) is 2.73. The first-order valence-corrected chi connectivity index (χ1v) is 5.87. The summed E-state index contributed by atoms with van der Waals surface area (Å²) in [5, 5.41) is 14.3. The molecular formula is C12H17N5O. The fraction of sp³-hybridized carbons (Fsp3) is 0.417. The van der Waals surface area contributed by atoms with E-state index in [1.165, 1.54) is 0 Å². The van der Waals surface area contributed by atoms with Crippen LogP contribution >= 0.6 is 0 Å². The SMILES string of the molecule is CC(C)Oc1ccc(CNc2nnnn2C)cc1. The summed E-state index contributed by atoms with van der Waals surface area (Å²) in [7, 11) is 1.79. The van der Waals surface area contributed by atoms with Crippen molar-refractivity contribution in [2.75, 3.05) is 5.32 Å². The van der Waals surface area contributed by atoms with Crippen LogP contribution < -0.4 is 10.1 Å². The molecule has 1 N–H and O–H groups in total. The third-order valence-electron chi connectivity index (χ3n) is 2.37. The Bertz CT molecular complexity index is 491. The molecule has 0 saturated heterocycles. The normalized spacial score (nSPS) is 10.7. The molecule has 0 saturated carbocycles. The molecule has 0 radical (unpaired) electrons. The largest absolute Gasteiger partial charge is 0.491 e. The molecule has 0 aliphatic rings. The van der Waals surface area contributed by atoms with Gasteiger partial charge in [-0.1, -0.05) is 17.2 Å². The van der Waals surface area contributed by atoms with E-state index in [1.54, 1.807) is 11.7 Å². The fourth-order valence-corrected chi connectivity index (χ4v) is 1.52. The van der Waals surface area contributed by atoms with E-state index in [0.717, 1.165) is 11.3 Å². The minimum Gasteiger partial charge on any atom is -0.491 e. The lowest BCUT2D eigenvalue weighted by Crippen LogP contribution is -2.07. The van der Waals surface area contributed by atoms with Gasteiger partial charge in [0.1, 0.15) is 5.75 Å². The van der Waals surface area contributed by atoms with Crippen molar-refractivity contribution in [2.24, 2.45) is 7.05 Å². The van der Waals surface area contributed by atoms with Gasteiger partial charge in [-0.3, -0.25) is 0 Å². The van der Waals surface area contributed by atoms with Crippen molar-refractivity contribution in [1.82, 2.24) is 20.2 Å². The Labute approximate surface area is 106 Å². The number of rotatable bonds is 5. The van der Waals surface area contributed by atoms with Gasteiger partial charge < -0.3 is 10.1 Å². The molecule has 0 amide bonds. The van der Waals surface area contributed by atoms with Crippen LogP contribution in [0.15, 0.2) is 24.3 Å². The summed E-state index contributed by atoms with van der Waals surface area (Å²) in [6.07, 6.45) is 0.193. The van der Waals surface area contributed by atoms with Crippen LogP contribution in [0, 0.1) is 0 Å². The van der Waals surface area contributed by atoms with Gasteiger partial charge in [0.15, 0.2) is 0 Å². The third kappa shape index (κ3) is 3.19. The molecular weight excluding hydrogens is 230 g/mol. The molecule has 1 aromatic carbocycles. The van der Waals surface area contributed by atoms with Gasteiger partial charge in [-0.25, -0.2) is 4.68 Å². The molecule has 0 aliphatic carbocycles. The fourth-order valence-electron chi connectivity index (χ4n) is 1.52. The number of nitrogens with one attached hydrogen (secondary N) is 1. The molecule has 6 nitrogen and oxygen atoms in total. The average molecular weight is 247 g/mol. The summed E-state index contributed by atoms with van der Waals surface area (Å²) in [5.74, 6) is 1.53. The summed E-state index contributed by atoms with van der Waals surface area (Å²) in [5.41, 5.74) is 1.15. The molecule has 0 aliphatic heterocycles. The lowest BCUT2D eigenvalue weighted by atomic mass is 10.2. The van der Waals surface area contributed by atoms with E-state index in [4.69, 9.17) is 4.74 Å². The molecule has 1 aromatic heterocycles. The first-order valence-electron chi connectivity index (χ1n) is 5.87. The summed E-state index contributed by atoms with van der Waals surface area (Å²) in [6, 6.07) is 7.97. The van der Waals surface area contributed by atoms with Gasteiger partial charge in [0.25, 0.3) is 0 Å². The van der Waals surface area contributed by atoms with E-state index in [0.29, 0.717) is 12.5 Å². The zero-order chi connectivity index (χ0) is 13.0. The maximum absolute atomic E-state index is 5.58. The first-order chi connectivity index (χ1) is 8.65. The van der Waals surface area contributed by atoms with Crippen LogP contribution in [0.4, 0.5) is 5.95 Å². The number of nitrogens with zero attached hydrogens (tertiary/aromatic N) is 4. The lowest BCUT2D eigenvalue weighted by Gasteiger charge is -2.10. The maximum atomic E-state index is 5.58. The predicted molar refractivity (Wildman–Crippen MR) is 68.3 cm³/mol. The summed E-state index contributed by atoms with van der Waals surface area (Å²) < 4.78 is 7.18. The number of anilines is 1. The van der Waals surface area contributed by atoms with Crippen molar-refractivity contribution < 1.29 is 4.74 Å². The van der Waals surface area contributed by atoms with Crippen LogP contribution in [0.5, 0.6) is 5.75 Å². The molecule has 0 atom stereocenters. The van der Waals surface area contributed by atoms with Crippen molar-refractivity contribution in [3.05, 3.63) is 29.8 Å². The van der Waals surface area contributed by atoms with Gasteiger partial charge in [-0.15, -0.1) is 0 Å². The van der Waals surface area contributed by atoms with Crippen LogP contribution in [0.3, 0.4) is 0 Å². The van der Waals surface area contributed by atoms with Crippen LogP contribution in [0.1, 0.15) is 19.4 Å². The van der Waals surface area contributed by atoms with Gasteiger partial charge in [-0.05, 0) is 42.0 Å². The van der Waals surface area contributed by atoms with Crippen LogP contribution in [0.2, 0.25) is 0 Å². The zero-order valence-corrected chi connectivity index (χ0v) is 10.8. The van der Waals surface area contributed by atoms with E-state index in [2.05, 4.69) is 20.8 Å². The Balaban J connectivity index is 1.92. The highest BCUT2D eigenvalue weighted by Gasteiger charge is 2.01. The quantitative estimate of drug-likeness (QED) is 0.869. The second-order valence-electron chi connectivity index (χ2n) is 4.29. The van der Waals surface area contributed by atoms with E-state index in [1.807, 2.05) is 38.1 Å². The molecule has 0 unspecified atom stereocenters. The second kappa shape index (κ2) is 5.48. The van der Waals surface area contributed by atoms with Crippen LogP contribution in [-0.2, 0) is 13.6 Å². The number of aromatic nitrogens is 4. The van der Waals surface area contributed by atoms with Gasteiger partial charge >= 0.3 is 0 Å². The number of benzene rings is 1. The van der Waals surface area contributed by atoms with Gasteiger partial charge in [0.2, 0.25) is 5.95 Å². The Hall–Kier alpha value is -2.11. The smallest absolute Gasteiger partial charge is 0.242 e. The predicted octanol–water partition coefficient (Wildman–Crippen LogP) is 1.61. The molecule has 0 bridgehead atoms. The van der Waals surface area contributed by atoms with Crippen molar-refractivity contribution in [3.8, 4) is 5.75 Å². The Morgan fingerprint density at radius 3 is 2.56 bits per heavy atom. The maximum Gasteiger partial charge on any atom is 0.242 e. The van der Waals surface area contributed by atoms with E-state index >= 15 is 0 Å². The highest BCUT2D eigenvalue weighted by atomic mass is 16.5. The van der Waals surface area contributed by atoms with Crippen molar-refractivity contribution in [3.63, 3.8) is 0 Å². The van der Waals surface area contributed by atoms with E-state index in [-0.39, 0.29) is 6.10 Å². The summed E-state index contributed by atoms with van der Waals surface area (Å²) in [6.45, 7) is 4.70. The molecule has 0 spiro atoms. The minimum atomic E-state index is 0.193. The summed E-state index contributed by atoms with van der Waals surface area (Å²) >= 11 is 0. The van der Waals surface area contributed by atoms with Gasteiger partial charge in [-0.2, -0.15) is 0 Å². The molecule has 96 valence electrons. The van der Waals surface area contributed by atoms with Crippen LogP contribution in [0.25, 0.3) is 0 Å². The van der Waals surface area contributed by atoms with E-state index in [9.17, 15) is 0 Å². The molecule has 0 fully saturated rings. The van der Waals surface area contributed by atoms with Crippen molar-refractivity contribution in [1.29, 1.82) is 0 Å². The Morgan fingerprint density at radius 1 is 1.28 bits per heavy atom. The minimum absolute atomic E-state index is 0.193. The summed E-state index contributed by atoms with van der Waals surface area (Å²) in [4.78, 5) is 0. The number of tetrazole rings is 1. The molecule has 2 rings (SSSR count). The number of hydrogen-bond acceptors (Lipinski definition) is 5. The molecule has 1 heterocycles. The third-order valence-corrected chi connectivity index (χ3v) is 2.37. The number of aryl methyl sites for hydroxylation is 1. The molecule has 6 heteroatoms. The Kier molecular flexibility index (Phi) is 3.76. The van der Waals surface area contributed by atoms with Gasteiger partial charge in [0.05, 0.1) is 6.10 Å². The highest BCUT2D eigenvalue weighted by molar-refractivity contribution is 5.30. The topological polar surface area (TPSA) is 64.9 Å². The first kappa shape index (κ1) is 12.3. The van der Waals surface area contributed by atoms with Crippen molar-refractivity contribution in [2.45, 2.75) is 26.5 Å². The van der Waals surface area contributed by atoms with E-state index < -0.39 is 0 Å². The number of hydrogen-bond donors (Lipinski definition) is 1. The lowest BCUT2D eigenvalue weighted by molar-refractivity contribution is 0.242. The molecule has 2 aromatic rings. The second-order valence-corrected chi connectivity index (χ2v) is 4.29.